The van der Waals surface area contributed by atoms with Gasteiger partial charge in [0.1, 0.15) is 0 Å². The molecule has 2 aliphatic carbocycles. The van der Waals surface area contributed by atoms with Crippen molar-refractivity contribution < 1.29 is 0 Å². The SMILES string of the molecule is CC(CNCc1cccc(C2CC2)c1)C1CC1. The molecule has 0 heterocycles. The van der Waals surface area contributed by atoms with Gasteiger partial charge in [-0.05, 0) is 61.1 Å². The highest BCUT2D eigenvalue weighted by Gasteiger charge is 2.27. The lowest BCUT2D eigenvalue weighted by atomic mass is 10.1. The Morgan fingerprint density at radius 1 is 1.24 bits per heavy atom. The molecule has 1 nitrogen and oxygen atoms in total. The number of benzene rings is 1. The van der Waals surface area contributed by atoms with Crippen molar-refractivity contribution in [3.05, 3.63) is 35.4 Å². The summed E-state index contributed by atoms with van der Waals surface area (Å²) in [6.45, 7) is 4.60. The van der Waals surface area contributed by atoms with Gasteiger partial charge in [-0.2, -0.15) is 0 Å². The third-order valence-electron chi connectivity index (χ3n) is 4.22. The van der Waals surface area contributed by atoms with Gasteiger partial charge in [0, 0.05) is 6.54 Å². The lowest BCUT2D eigenvalue weighted by molar-refractivity contribution is 0.461. The van der Waals surface area contributed by atoms with Crippen LogP contribution in [0.15, 0.2) is 24.3 Å². The second kappa shape index (κ2) is 4.81. The summed E-state index contributed by atoms with van der Waals surface area (Å²) in [4.78, 5) is 0. The summed E-state index contributed by atoms with van der Waals surface area (Å²) >= 11 is 0. The molecule has 1 N–H and O–H groups in total. The summed E-state index contributed by atoms with van der Waals surface area (Å²) in [5, 5.41) is 3.61. The summed E-state index contributed by atoms with van der Waals surface area (Å²) in [6, 6.07) is 9.15. The maximum absolute atomic E-state index is 3.61. The second-order valence-corrected chi connectivity index (χ2v) is 5.96. The van der Waals surface area contributed by atoms with Crippen LogP contribution >= 0.6 is 0 Å². The van der Waals surface area contributed by atoms with Crippen molar-refractivity contribution in [2.24, 2.45) is 11.8 Å². The van der Waals surface area contributed by atoms with Gasteiger partial charge < -0.3 is 5.32 Å². The first kappa shape index (κ1) is 11.3. The highest BCUT2D eigenvalue weighted by Crippen LogP contribution is 2.40. The molecule has 1 heteroatoms. The molecule has 17 heavy (non-hydrogen) atoms. The van der Waals surface area contributed by atoms with Crippen molar-refractivity contribution in [3.63, 3.8) is 0 Å². The van der Waals surface area contributed by atoms with E-state index < -0.39 is 0 Å². The molecule has 0 aliphatic heterocycles. The van der Waals surface area contributed by atoms with Gasteiger partial charge in [0.25, 0.3) is 0 Å². The topological polar surface area (TPSA) is 12.0 Å². The van der Waals surface area contributed by atoms with Crippen LogP contribution in [0.1, 0.15) is 49.7 Å². The number of hydrogen-bond acceptors (Lipinski definition) is 1. The van der Waals surface area contributed by atoms with Crippen molar-refractivity contribution in [1.82, 2.24) is 5.32 Å². The molecule has 0 amide bonds. The Kier molecular flexibility index (Phi) is 3.19. The van der Waals surface area contributed by atoms with Gasteiger partial charge in [-0.1, -0.05) is 31.2 Å². The third kappa shape index (κ3) is 3.10. The van der Waals surface area contributed by atoms with Crippen LogP contribution in [-0.2, 0) is 6.54 Å². The average Bonchev–Trinajstić information content (AvgIpc) is 3.19. The third-order valence-corrected chi connectivity index (χ3v) is 4.22. The van der Waals surface area contributed by atoms with Crippen molar-refractivity contribution in [1.29, 1.82) is 0 Å². The van der Waals surface area contributed by atoms with Gasteiger partial charge in [0.15, 0.2) is 0 Å². The molecule has 92 valence electrons. The molecule has 1 atom stereocenters. The van der Waals surface area contributed by atoms with E-state index in [9.17, 15) is 0 Å². The number of nitrogens with one attached hydrogen (secondary N) is 1. The minimum absolute atomic E-state index is 0.863. The van der Waals surface area contributed by atoms with Crippen LogP contribution in [0.2, 0.25) is 0 Å². The summed E-state index contributed by atoms with van der Waals surface area (Å²) < 4.78 is 0. The lowest BCUT2D eigenvalue weighted by Gasteiger charge is -2.11. The van der Waals surface area contributed by atoms with Gasteiger partial charge >= 0.3 is 0 Å². The molecule has 1 aromatic carbocycles. The van der Waals surface area contributed by atoms with Crippen LogP contribution in [0.3, 0.4) is 0 Å². The van der Waals surface area contributed by atoms with Crippen LogP contribution in [0.4, 0.5) is 0 Å². The van der Waals surface area contributed by atoms with E-state index in [1.54, 1.807) is 5.56 Å². The van der Waals surface area contributed by atoms with Crippen LogP contribution in [-0.4, -0.2) is 6.54 Å². The Morgan fingerprint density at radius 2 is 2.06 bits per heavy atom. The Bertz CT molecular complexity index is 377. The fourth-order valence-electron chi connectivity index (χ4n) is 2.65. The molecule has 2 aliphatic rings. The predicted octanol–water partition coefficient (Wildman–Crippen LogP) is 3.70. The fourth-order valence-corrected chi connectivity index (χ4v) is 2.65. The van der Waals surface area contributed by atoms with Crippen LogP contribution in [0.5, 0.6) is 0 Å². The van der Waals surface area contributed by atoms with Gasteiger partial charge in [-0.25, -0.2) is 0 Å². The summed E-state index contributed by atoms with van der Waals surface area (Å²) in [6.07, 6.45) is 5.71. The Balaban J connectivity index is 1.48. The summed E-state index contributed by atoms with van der Waals surface area (Å²) in [5.74, 6) is 2.75. The molecule has 3 rings (SSSR count). The predicted molar refractivity (Wildman–Crippen MR) is 72.0 cm³/mol. The molecule has 2 fully saturated rings. The summed E-state index contributed by atoms with van der Waals surface area (Å²) in [5.41, 5.74) is 3.01. The van der Waals surface area contributed by atoms with Gasteiger partial charge in [-0.15, -0.1) is 0 Å². The van der Waals surface area contributed by atoms with E-state index in [1.807, 2.05) is 0 Å². The van der Waals surface area contributed by atoms with E-state index >= 15 is 0 Å². The van der Waals surface area contributed by atoms with Crippen molar-refractivity contribution in [2.75, 3.05) is 6.54 Å². The minimum Gasteiger partial charge on any atom is -0.312 e. The zero-order valence-corrected chi connectivity index (χ0v) is 10.8. The quantitative estimate of drug-likeness (QED) is 0.784. The van der Waals surface area contributed by atoms with Crippen molar-refractivity contribution in [2.45, 2.75) is 45.1 Å². The molecule has 0 spiro atoms. The monoisotopic (exact) mass is 229 g/mol. The van der Waals surface area contributed by atoms with Crippen LogP contribution in [0, 0.1) is 11.8 Å². The molecular formula is C16H23N. The van der Waals surface area contributed by atoms with E-state index in [1.165, 1.54) is 37.8 Å². The normalized spacial score (nSPS) is 21.5. The zero-order valence-electron chi connectivity index (χ0n) is 10.8. The van der Waals surface area contributed by atoms with Crippen LogP contribution in [0.25, 0.3) is 0 Å². The van der Waals surface area contributed by atoms with E-state index in [0.29, 0.717) is 0 Å². The lowest BCUT2D eigenvalue weighted by Crippen LogP contribution is -2.21. The number of rotatable bonds is 6. The molecule has 2 saturated carbocycles. The maximum Gasteiger partial charge on any atom is 0.0205 e. The Morgan fingerprint density at radius 3 is 2.76 bits per heavy atom. The first-order valence-electron chi connectivity index (χ1n) is 7.12. The Labute approximate surface area is 105 Å². The first-order valence-corrected chi connectivity index (χ1v) is 7.12. The minimum atomic E-state index is 0.863. The highest BCUT2D eigenvalue weighted by molar-refractivity contribution is 5.29. The van der Waals surface area contributed by atoms with Crippen molar-refractivity contribution in [3.8, 4) is 0 Å². The first-order chi connectivity index (χ1) is 8.33. The molecule has 0 aromatic heterocycles. The average molecular weight is 229 g/mol. The summed E-state index contributed by atoms with van der Waals surface area (Å²) in [7, 11) is 0. The smallest absolute Gasteiger partial charge is 0.0205 e. The van der Waals surface area contributed by atoms with Crippen molar-refractivity contribution >= 4 is 0 Å². The van der Waals surface area contributed by atoms with Gasteiger partial charge in [-0.3, -0.25) is 0 Å². The maximum atomic E-state index is 3.61. The Hall–Kier alpha value is -0.820. The van der Waals surface area contributed by atoms with E-state index in [2.05, 4.69) is 36.5 Å². The molecular weight excluding hydrogens is 206 g/mol. The van der Waals surface area contributed by atoms with Crippen LogP contribution < -0.4 is 5.32 Å². The van der Waals surface area contributed by atoms with Gasteiger partial charge in [0.05, 0.1) is 0 Å². The van der Waals surface area contributed by atoms with E-state index in [-0.39, 0.29) is 0 Å². The standard InChI is InChI=1S/C16H23N/c1-12(14-5-6-14)10-17-11-13-3-2-4-16(9-13)15-7-8-15/h2-4,9,12,14-15,17H,5-8,10-11H2,1H3. The molecule has 1 unspecified atom stereocenters. The zero-order chi connectivity index (χ0) is 11.7. The largest absolute Gasteiger partial charge is 0.312 e. The molecule has 0 bridgehead atoms. The highest BCUT2D eigenvalue weighted by atomic mass is 14.9. The fraction of sp³-hybridized carbons (Fsp3) is 0.625. The van der Waals surface area contributed by atoms with E-state index in [4.69, 9.17) is 0 Å². The van der Waals surface area contributed by atoms with E-state index in [0.717, 1.165) is 24.3 Å². The second-order valence-electron chi connectivity index (χ2n) is 5.96. The molecule has 0 saturated heterocycles. The van der Waals surface area contributed by atoms with Gasteiger partial charge in [0.2, 0.25) is 0 Å². The molecule has 0 radical (unpaired) electrons. The molecule has 1 aromatic rings. The number of hydrogen-bond donors (Lipinski definition) is 1.